The molecule has 0 amide bonds. The lowest BCUT2D eigenvalue weighted by molar-refractivity contribution is 0.485. The summed E-state index contributed by atoms with van der Waals surface area (Å²) < 4.78 is 27.9. The molecule has 0 aliphatic carbocycles. The molecule has 0 bridgehead atoms. The van der Waals surface area contributed by atoms with E-state index in [0.29, 0.717) is 16.9 Å². The Labute approximate surface area is 130 Å². The molecule has 4 nitrogen and oxygen atoms in total. The Morgan fingerprint density at radius 1 is 1.25 bits per heavy atom. The summed E-state index contributed by atoms with van der Waals surface area (Å²) in [6.07, 6.45) is 1.83. The number of rotatable bonds is 7. The van der Waals surface area contributed by atoms with Crippen molar-refractivity contribution in [3.63, 3.8) is 0 Å². The lowest BCUT2D eigenvalue weighted by atomic mass is 10.1. The molecule has 0 radical (unpaired) electrons. The molecule has 3 N–H and O–H groups in total. The van der Waals surface area contributed by atoms with Crippen LogP contribution in [0.25, 0.3) is 0 Å². The molecule has 0 saturated heterocycles. The number of benzene rings is 1. The Kier molecular flexibility index (Phi) is 6.64. The van der Waals surface area contributed by atoms with Gasteiger partial charge in [-0.05, 0) is 59.3 Å². The third-order valence-electron chi connectivity index (χ3n) is 3.05. The third-order valence-corrected chi connectivity index (χ3v) is 5.62. The zero-order valence-corrected chi connectivity index (χ0v) is 14.6. The fourth-order valence-corrected chi connectivity index (χ4v) is 4.26. The van der Waals surface area contributed by atoms with Gasteiger partial charge in [-0.3, -0.25) is 0 Å². The summed E-state index contributed by atoms with van der Waals surface area (Å²) in [5.74, 6) is 0.567. The van der Waals surface area contributed by atoms with Crippen molar-refractivity contribution in [2.45, 2.75) is 51.1 Å². The second-order valence-corrected chi connectivity index (χ2v) is 8.00. The first kappa shape index (κ1) is 17.6. The molecule has 0 spiro atoms. The van der Waals surface area contributed by atoms with E-state index in [-0.39, 0.29) is 10.9 Å². The number of halogens is 1. The molecule has 1 aromatic rings. The van der Waals surface area contributed by atoms with Gasteiger partial charge in [0, 0.05) is 17.1 Å². The van der Waals surface area contributed by atoms with Gasteiger partial charge >= 0.3 is 0 Å². The quantitative estimate of drug-likeness (QED) is 0.782. The van der Waals surface area contributed by atoms with E-state index >= 15 is 0 Å². The van der Waals surface area contributed by atoms with E-state index < -0.39 is 10.0 Å². The lowest BCUT2D eigenvalue weighted by Gasteiger charge is -2.16. The summed E-state index contributed by atoms with van der Waals surface area (Å²) >= 11 is 3.30. The zero-order chi connectivity index (χ0) is 15.3. The molecule has 0 aliphatic rings. The standard InChI is InChI=1S/C14H23BrN2O2S/c1-10(2)4-5-11(3)17-20(18,19)14-7-6-12(9-16)8-13(14)15/h6-8,10-11,17H,4-5,9,16H2,1-3H3. The zero-order valence-electron chi connectivity index (χ0n) is 12.2. The highest BCUT2D eigenvalue weighted by atomic mass is 79.9. The van der Waals surface area contributed by atoms with Crippen LogP contribution in [0.4, 0.5) is 0 Å². The normalized spacial score (nSPS) is 13.7. The number of hydrogen-bond acceptors (Lipinski definition) is 3. The fraction of sp³-hybridized carbons (Fsp3) is 0.571. The second-order valence-electron chi connectivity index (χ2n) is 5.46. The minimum atomic E-state index is -3.50. The molecule has 0 aliphatic heterocycles. The van der Waals surface area contributed by atoms with E-state index in [2.05, 4.69) is 34.5 Å². The van der Waals surface area contributed by atoms with Crippen molar-refractivity contribution in [2.24, 2.45) is 11.7 Å². The largest absolute Gasteiger partial charge is 0.326 e. The summed E-state index contributed by atoms with van der Waals surface area (Å²) in [7, 11) is -3.50. The van der Waals surface area contributed by atoms with Crippen LogP contribution in [0.3, 0.4) is 0 Å². The van der Waals surface area contributed by atoms with Gasteiger partial charge in [-0.1, -0.05) is 19.9 Å². The predicted octanol–water partition coefficient (Wildman–Crippen LogP) is 3.01. The molecule has 0 aromatic heterocycles. The monoisotopic (exact) mass is 362 g/mol. The third kappa shape index (κ3) is 5.16. The number of sulfonamides is 1. The SMILES string of the molecule is CC(C)CCC(C)NS(=O)(=O)c1ccc(CN)cc1Br. The van der Waals surface area contributed by atoms with Crippen LogP contribution in [-0.4, -0.2) is 14.5 Å². The molecule has 0 heterocycles. The van der Waals surface area contributed by atoms with Gasteiger partial charge in [0.15, 0.2) is 0 Å². The van der Waals surface area contributed by atoms with Gasteiger partial charge in [0.1, 0.15) is 0 Å². The van der Waals surface area contributed by atoms with Crippen LogP contribution >= 0.6 is 15.9 Å². The Hall–Kier alpha value is -0.430. The highest BCUT2D eigenvalue weighted by Gasteiger charge is 2.20. The predicted molar refractivity (Wildman–Crippen MR) is 85.9 cm³/mol. The maximum absolute atomic E-state index is 12.3. The van der Waals surface area contributed by atoms with Crippen LogP contribution in [0, 0.1) is 5.92 Å². The first-order valence-electron chi connectivity index (χ1n) is 6.77. The minimum Gasteiger partial charge on any atom is -0.326 e. The van der Waals surface area contributed by atoms with Crippen molar-refractivity contribution < 1.29 is 8.42 Å². The summed E-state index contributed by atoms with van der Waals surface area (Å²) in [5.41, 5.74) is 6.43. The van der Waals surface area contributed by atoms with E-state index in [9.17, 15) is 8.42 Å². The van der Waals surface area contributed by atoms with Crippen molar-refractivity contribution >= 4 is 26.0 Å². The van der Waals surface area contributed by atoms with E-state index in [1.807, 2.05) is 6.92 Å². The first-order valence-corrected chi connectivity index (χ1v) is 9.04. The van der Waals surface area contributed by atoms with Crippen LogP contribution in [0.5, 0.6) is 0 Å². The van der Waals surface area contributed by atoms with E-state index in [4.69, 9.17) is 5.73 Å². The Morgan fingerprint density at radius 3 is 2.40 bits per heavy atom. The summed E-state index contributed by atoms with van der Waals surface area (Å²) in [5, 5.41) is 0. The summed E-state index contributed by atoms with van der Waals surface area (Å²) in [4.78, 5) is 0.256. The maximum Gasteiger partial charge on any atom is 0.241 e. The molecule has 1 aromatic carbocycles. The highest BCUT2D eigenvalue weighted by Crippen LogP contribution is 2.23. The van der Waals surface area contributed by atoms with Crippen molar-refractivity contribution in [3.8, 4) is 0 Å². The van der Waals surface area contributed by atoms with Gasteiger partial charge in [0.25, 0.3) is 0 Å². The van der Waals surface area contributed by atoms with Crippen LogP contribution in [0.15, 0.2) is 27.6 Å². The molecule has 1 unspecified atom stereocenters. The molecule has 20 heavy (non-hydrogen) atoms. The van der Waals surface area contributed by atoms with Crippen molar-refractivity contribution in [2.75, 3.05) is 0 Å². The minimum absolute atomic E-state index is 0.0801. The topological polar surface area (TPSA) is 72.2 Å². The lowest BCUT2D eigenvalue weighted by Crippen LogP contribution is -2.33. The highest BCUT2D eigenvalue weighted by molar-refractivity contribution is 9.10. The van der Waals surface area contributed by atoms with Crippen molar-refractivity contribution in [1.82, 2.24) is 4.72 Å². The average molecular weight is 363 g/mol. The van der Waals surface area contributed by atoms with Crippen molar-refractivity contribution in [3.05, 3.63) is 28.2 Å². The van der Waals surface area contributed by atoms with Crippen LogP contribution in [0.1, 0.15) is 39.2 Å². The smallest absolute Gasteiger partial charge is 0.241 e. The molecule has 1 atom stereocenters. The molecule has 6 heteroatoms. The van der Waals surface area contributed by atoms with Gasteiger partial charge in [0.2, 0.25) is 10.0 Å². The van der Waals surface area contributed by atoms with Crippen LogP contribution in [0.2, 0.25) is 0 Å². The summed E-state index contributed by atoms with van der Waals surface area (Å²) in [6, 6.07) is 4.98. The van der Waals surface area contributed by atoms with Crippen LogP contribution in [-0.2, 0) is 16.6 Å². The number of hydrogen-bond donors (Lipinski definition) is 2. The van der Waals surface area contributed by atoms with E-state index in [1.165, 1.54) is 0 Å². The fourth-order valence-electron chi connectivity index (χ4n) is 1.86. The van der Waals surface area contributed by atoms with E-state index in [1.54, 1.807) is 18.2 Å². The first-order chi connectivity index (χ1) is 9.26. The average Bonchev–Trinajstić information content (AvgIpc) is 2.35. The van der Waals surface area contributed by atoms with Gasteiger partial charge < -0.3 is 5.73 Å². The van der Waals surface area contributed by atoms with Gasteiger partial charge in [-0.2, -0.15) is 0 Å². The molecule has 114 valence electrons. The number of nitrogens with one attached hydrogen (secondary N) is 1. The van der Waals surface area contributed by atoms with Gasteiger partial charge in [-0.25, -0.2) is 13.1 Å². The Balaban J connectivity index is 2.83. The Bertz CT molecular complexity index is 544. The molecular weight excluding hydrogens is 340 g/mol. The van der Waals surface area contributed by atoms with Gasteiger partial charge in [0.05, 0.1) is 4.90 Å². The van der Waals surface area contributed by atoms with Crippen LogP contribution < -0.4 is 10.5 Å². The van der Waals surface area contributed by atoms with Gasteiger partial charge in [-0.15, -0.1) is 0 Å². The maximum atomic E-state index is 12.3. The number of nitrogens with two attached hydrogens (primary N) is 1. The molecule has 0 fully saturated rings. The summed E-state index contributed by atoms with van der Waals surface area (Å²) in [6.45, 7) is 6.53. The van der Waals surface area contributed by atoms with Crippen molar-refractivity contribution in [1.29, 1.82) is 0 Å². The molecular formula is C14H23BrN2O2S. The molecule has 0 saturated carbocycles. The second kappa shape index (κ2) is 7.54. The van der Waals surface area contributed by atoms with E-state index in [0.717, 1.165) is 18.4 Å². The Morgan fingerprint density at radius 2 is 1.90 bits per heavy atom. The molecule has 1 rings (SSSR count).